The van der Waals surface area contributed by atoms with Crippen molar-refractivity contribution in [2.45, 2.75) is 38.1 Å². The van der Waals surface area contributed by atoms with Crippen LogP contribution in [0, 0.1) is 11.3 Å². The van der Waals surface area contributed by atoms with Crippen LogP contribution >= 0.6 is 23.2 Å². The van der Waals surface area contributed by atoms with E-state index in [1.54, 1.807) is 25.3 Å². The number of hydrogen-bond donors (Lipinski definition) is 1. The molecule has 1 amide bonds. The third kappa shape index (κ3) is 5.37. The summed E-state index contributed by atoms with van der Waals surface area (Å²) in [6.45, 7) is 6.00. The molecule has 1 aliphatic heterocycles. The van der Waals surface area contributed by atoms with E-state index >= 15 is 0 Å². The van der Waals surface area contributed by atoms with Crippen LogP contribution in [-0.4, -0.2) is 37.0 Å². The molecule has 0 spiro atoms. The lowest BCUT2D eigenvalue weighted by atomic mass is 9.73. The molecule has 0 aliphatic carbocycles. The standard InChI is InChI=1S/C29H29Cl2N3O2/c1-19(2)34-13-11-29(18-32,12-14-34)25-17-23(8-10-27(25)36-3)33-28(35)24-9-7-21(16-26(24)31)20-5-4-6-22(30)15-20/h4-10,15-17,19H,11-14H2,1-3H3,(H,33,35). The van der Waals surface area contributed by atoms with Crippen molar-refractivity contribution in [2.24, 2.45) is 0 Å². The molecular formula is C29H29Cl2N3O2. The van der Waals surface area contributed by atoms with E-state index < -0.39 is 5.41 Å². The Morgan fingerprint density at radius 1 is 1.06 bits per heavy atom. The van der Waals surface area contributed by atoms with Crippen molar-refractivity contribution in [2.75, 3.05) is 25.5 Å². The lowest BCUT2D eigenvalue weighted by Gasteiger charge is -2.40. The second-order valence-electron chi connectivity index (χ2n) is 9.40. The molecule has 7 heteroatoms. The Morgan fingerprint density at radius 3 is 2.39 bits per heavy atom. The largest absolute Gasteiger partial charge is 0.496 e. The summed E-state index contributed by atoms with van der Waals surface area (Å²) in [7, 11) is 1.60. The van der Waals surface area contributed by atoms with E-state index in [0.717, 1.165) is 29.8 Å². The molecular weight excluding hydrogens is 493 g/mol. The summed E-state index contributed by atoms with van der Waals surface area (Å²) in [6, 6.07) is 21.2. The van der Waals surface area contributed by atoms with Crippen LogP contribution in [0.2, 0.25) is 10.0 Å². The molecule has 1 heterocycles. The second-order valence-corrected chi connectivity index (χ2v) is 10.2. The maximum atomic E-state index is 13.1. The highest BCUT2D eigenvalue weighted by Gasteiger charge is 2.39. The summed E-state index contributed by atoms with van der Waals surface area (Å²) < 4.78 is 5.62. The van der Waals surface area contributed by atoms with Gasteiger partial charge in [-0.15, -0.1) is 0 Å². The van der Waals surface area contributed by atoms with Crippen molar-refractivity contribution >= 4 is 34.8 Å². The summed E-state index contributed by atoms with van der Waals surface area (Å²) in [5.41, 5.74) is 2.87. The van der Waals surface area contributed by atoms with Crippen LogP contribution in [0.1, 0.15) is 42.6 Å². The molecule has 0 saturated carbocycles. The third-order valence-electron chi connectivity index (χ3n) is 6.94. The fraction of sp³-hybridized carbons (Fsp3) is 0.310. The van der Waals surface area contributed by atoms with Gasteiger partial charge < -0.3 is 15.0 Å². The Hall–Kier alpha value is -3.04. The Balaban J connectivity index is 1.58. The van der Waals surface area contributed by atoms with Gasteiger partial charge in [-0.25, -0.2) is 0 Å². The normalized spacial score (nSPS) is 15.4. The predicted molar refractivity (Wildman–Crippen MR) is 146 cm³/mol. The zero-order valence-electron chi connectivity index (χ0n) is 20.6. The number of amides is 1. The number of nitriles is 1. The van der Waals surface area contributed by atoms with E-state index in [0.29, 0.717) is 45.9 Å². The lowest BCUT2D eigenvalue weighted by Crippen LogP contribution is -2.44. The van der Waals surface area contributed by atoms with E-state index in [9.17, 15) is 10.1 Å². The van der Waals surface area contributed by atoms with Gasteiger partial charge in [-0.2, -0.15) is 5.26 Å². The van der Waals surface area contributed by atoms with Gasteiger partial charge in [-0.05, 0) is 80.3 Å². The maximum Gasteiger partial charge on any atom is 0.257 e. The predicted octanol–water partition coefficient (Wildman–Crippen LogP) is 7.19. The number of rotatable bonds is 6. The topological polar surface area (TPSA) is 65.4 Å². The Kier molecular flexibility index (Phi) is 7.90. The lowest BCUT2D eigenvalue weighted by molar-refractivity contribution is 0.102. The summed E-state index contributed by atoms with van der Waals surface area (Å²) in [4.78, 5) is 15.5. The molecule has 1 saturated heterocycles. The summed E-state index contributed by atoms with van der Waals surface area (Å²) in [5.74, 6) is 0.325. The number of halogens is 2. The molecule has 0 atom stereocenters. The number of nitrogens with zero attached hydrogens (tertiary/aromatic N) is 2. The van der Waals surface area contributed by atoms with Crippen molar-refractivity contribution in [3.63, 3.8) is 0 Å². The molecule has 0 unspecified atom stereocenters. The molecule has 0 aromatic heterocycles. The molecule has 1 N–H and O–H groups in total. The average Bonchev–Trinajstić information content (AvgIpc) is 2.88. The highest BCUT2D eigenvalue weighted by molar-refractivity contribution is 6.34. The highest BCUT2D eigenvalue weighted by Crippen LogP contribution is 2.41. The molecule has 3 aromatic carbocycles. The summed E-state index contributed by atoms with van der Waals surface area (Å²) in [5, 5.41) is 14.1. The Bertz CT molecular complexity index is 1310. The van der Waals surface area contributed by atoms with E-state index in [1.807, 2.05) is 42.5 Å². The van der Waals surface area contributed by atoms with Crippen LogP contribution in [0.5, 0.6) is 5.75 Å². The minimum Gasteiger partial charge on any atom is -0.496 e. The van der Waals surface area contributed by atoms with Crippen molar-refractivity contribution in [3.8, 4) is 22.9 Å². The quantitative estimate of drug-likeness (QED) is 0.372. The number of anilines is 1. The summed E-state index contributed by atoms with van der Waals surface area (Å²) >= 11 is 12.6. The van der Waals surface area contributed by atoms with Gasteiger partial charge in [0, 0.05) is 35.4 Å². The zero-order valence-corrected chi connectivity index (χ0v) is 22.2. The summed E-state index contributed by atoms with van der Waals surface area (Å²) in [6.07, 6.45) is 1.40. The van der Waals surface area contributed by atoms with Gasteiger partial charge in [0.2, 0.25) is 0 Å². The van der Waals surface area contributed by atoms with E-state index in [4.69, 9.17) is 27.9 Å². The van der Waals surface area contributed by atoms with E-state index in [1.165, 1.54) is 0 Å². The third-order valence-corrected chi connectivity index (χ3v) is 7.49. The van der Waals surface area contributed by atoms with E-state index in [-0.39, 0.29) is 5.91 Å². The number of hydrogen-bond acceptors (Lipinski definition) is 4. The van der Waals surface area contributed by atoms with Crippen LogP contribution in [0.15, 0.2) is 60.7 Å². The first-order chi connectivity index (χ1) is 17.3. The minimum atomic E-state index is -0.673. The molecule has 186 valence electrons. The van der Waals surface area contributed by atoms with Gasteiger partial charge in [-0.1, -0.05) is 41.4 Å². The Labute approximate surface area is 222 Å². The zero-order chi connectivity index (χ0) is 25.9. The number of carbonyl (C=O) groups excluding carboxylic acids is 1. The van der Waals surface area contributed by atoms with Crippen molar-refractivity contribution in [1.82, 2.24) is 4.90 Å². The molecule has 4 rings (SSSR count). The number of likely N-dealkylation sites (tertiary alicyclic amines) is 1. The Morgan fingerprint density at radius 2 is 1.78 bits per heavy atom. The van der Waals surface area contributed by atoms with Crippen LogP contribution < -0.4 is 10.1 Å². The van der Waals surface area contributed by atoms with Crippen LogP contribution in [-0.2, 0) is 5.41 Å². The number of nitrogens with one attached hydrogen (secondary N) is 1. The van der Waals surface area contributed by atoms with Crippen LogP contribution in [0.4, 0.5) is 5.69 Å². The number of piperidine rings is 1. The number of ether oxygens (including phenoxy) is 1. The van der Waals surface area contributed by atoms with E-state index in [2.05, 4.69) is 30.1 Å². The molecule has 1 aliphatic rings. The fourth-order valence-electron chi connectivity index (χ4n) is 4.77. The van der Waals surface area contributed by atoms with Crippen LogP contribution in [0.3, 0.4) is 0 Å². The molecule has 36 heavy (non-hydrogen) atoms. The minimum absolute atomic E-state index is 0.325. The van der Waals surface area contributed by atoms with Crippen LogP contribution in [0.25, 0.3) is 11.1 Å². The first-order valence-electron chi connectivity index (χ1n) is 12.0. The maximum absolute atomic E-state index is 13.1. The van der Waals surface area contributed by atoms with Gasteiger partial charge in [0.05, 0.1) is 29.2 Å². The number of benzene rings is 3. The number of methoxy groups -OCH3 is 1. The van der Waals surface area contributed by atoms with Crippen molar-refractivity contribution in [3.05, 3.63) is 81.8 Å². The molecule has 0 bridgehead atoms. The number of carbonyl (C=O) groups is 1. The van der Waals surface area contributed by atoms with Gasteiger partial charge in [-0.3, -0.25) is 4.79 Å². The van der Waals surface area contributed by atoms with Crippen molar-refractivity contribution in [1.29, 1.82) is 5.26 Å². The first kappa shape index (κ1) is 26.0. The average molecular weight is 522 g/mol. The molecule has 0 radical (unpaired) electrons. The van der Waals surface area contributed by atoms with Gasteiger partial charge >= 0.3 is 0 Å². The van der Waals surface area contributed by atoms with Gasteiger partial charge in [0.25, 0.3) is 5.91 Å². The van der Waals surface area contributed by atoms with Gasteiger partial charge in [0.1, 0.15) is 5.75 Å². The highest BCUT2D eigenvalue weighted by atomic mass is 35.5. The SMILES string of the molecule is COc1ccc(NC(=O)c2ccc(-c3cccc(Cl)c3)cc2Cl)cc1C1(C#N)CCN(C(C)C)CC1. The van der Waals surface area contributed by atoms with Crippen molar-refractivity contribution < 1.29 is 9.53 Å². The molecule has 5 nitrogen and oxygen atoms in total. The fourth-order valence-corrected chi connectivity index (χ4v) is 5.23. The monoisotopic (exact) mass is 521 g/mol. The first-order valence-corrected chi connectivity index (χ1v) is 12.7. The second kappa shape index (κ2) is 10.9. The smallest absolute Gasteiger partial charge is 0.257 e. The molecule has 3 aromatic rings. The van der Waals surface area contributed by atoms with Gasteiger partial charge in [0.15, 0.2) is 0 Å². The molecule has 1 fully saturated rings.